The summed E-state index contributed by atoms with van der Waals surface area (Å²) in [4.78, 5) is 9.63. The second-order valence-electron chi connectivity index (χ2n) is 2.30. The van der Waals surface area contributed by atoms with E-state index in [1.165, 1.54) is 6.20 Å². The smallest absolute Gasteiger partial charge is 0.226 e. The third-order valence-corrected chi connectivity index (χ3v) is 1.45. The van der Waals surface area contributed by atoms with Crippen molar-refractivity contribution in [1.29, 1.82) is 0 Å². The first-order valence-electron chi connectivity index (χ1n) is 3.06. The zero-order chi connectivity index (χ0) is 8.43. The van der Waals surface area contributed by atoms with Crippen molar-refractivity contribution in [2.75, 3.05) is 24.7 Å². The number of hydrogen-bond acceptors (Lipinski definition) is 4. The summed E-state index contributed by atoms with van der Waals surface area (Å²) in [6.45, 7) is 0. The van der Waals surface area contributed by atoms with Crippen molar-refractivity contribution >= 4 is 23.4 Å². The second-order valence-corrected chi connectivity index (χ2v) is 2.70. The third kappa shape index (κ3) is 1.71. The van der Waals surface area contributed by atoms with Crippen LogP contribution in [0.1, 0.15) is 0 Å². The van der Waals surface area contributed by atoms with E-state index in [0.717, 1.165) is 0 Å². The van der Waals surface area contributed by atoms with Crippen LogP contribution in [0.4, 0.5) is 11.8 Å². The minimum Gasteiger partial charge on any atom is -0.382 e. The lowest BCUT2D eigenvalue weighted by molar-refractivity contribution is 1.00. The number of halogens is 1. The highest BCUT2D eigenvalue weighted by atomic mass is 35.5. The summed E-state index contributed by atoms with van der Waals surface area (Å²) in [7, 11) is 3.67. The Labute approximate surface area is 70.0 Å². The molecule has 0 amide bonds. The molecule has 0 aliphatic rings. The van der Waals surface area contributed by atoms with Gasteiger partial charge in [-0.05, 0) is 0 Å². The molecule has 4 nitrogen and oxygen atoms in total. The topological polar surface area (TPSA) is 55.0 Å². The van der Waals surface area contributed by atoms with Crippen LogP contribution in [-0.2, 0) is 0 Å². The van der Waals surface area contributed by atoms with Crippen molar-refractivity contribution in [3.8, 4) is 0 Å². The standard InChI is InChI=1S/C6H9ClN4/c1-11(2)6-9-3-4(7)5(8)10-6/h3H,1-2H3,(H2,8,9,10). The molecule has 0 aliphatic heterocycles. The Morgan fingerprint density at radius 3 is 2.64 bits per heavy atom. The molecule has 0 spiro atoms. The van der Waals surface area contributed by atoms with Crippen molar-refractivity contribution in [1.82, 2.24) is 9.97 Å². The molecule has 0 fully saturated rings. The molecule has 2 N–H and O–H groups in total. The number of nitrogens with two attached hydrogens (primary N) is 1. The Hall–Kier alpha value is -1.03. The molecule has 0 saturated carbocycles. The minimum absolute atomic E-state index is 0.311. The fourth-order valence-corrected chi connectivity index (χ4v) is 0.677. The SMILES string of the molecule is CN(C)c1ncc(Cl)c(N)n1. The highest BCUT2D eigenvalue weighted by Crippen LogP contribution is 2.16. The normalized spacial score (nSPS) is 9.73. The maximum absolute atomic E-state index is 5.62. The van der Waals surface area contributed by atoms with Crippen LogP contribution in [0.5, 0.6) is 0 Å². The van der Waals surface area contributed by atoms with E-state index < -0.39 is 0 Å². The van der Waals surface area contributed by atoms with E-state index in [1.54, 1.807) is 4.90 Å². The molecule has 5 heteroatoms. The van der Waals surface area contributed by atoms with Gasteiger partial charge in [0.1, 0.15) is 10.8 Å². The van der Waals surface area contributed by atoms with E-state index in [1.807, 2.05) is 14.1 Å². The van der Waals surface area contributed by atoms with E-state index in [2.05, 4.69) is 9.97 Å². The van der Waals surface area contributed by atoms with Crippen LogP contribution in [0.15, 0.2) is 6.20 Å². The third-order valence-electron chi connectivity index (χ3n) is 1.16. The Bertz CT molecular complexity index is 261. The number of aromatic nitrogens is 2. The summed E-state index contributed by atoms with van der Waals surface area (Å²) in [6, 6.07) is 0. The number of nitrogens with zero attached hydrogens (tertiary/aromatic N) is 3. The minimum atomic E-state index is 0.311. The molecule has 1 rings (SSSR count). The molecular formula is C6H9ClN4. The van der Waals surface area contributed by atoms with Gasteiger partial charge in [-0.25, -0.2) is 4.98 Å². The monoisotopic (exact) mass is 172 g/mol. The van der Waals surface area contributed by atoms with Gasteiger partial charge in [0.25, 0.3) is 0 Å². The first kappa shape index (κ1) is 8.07. The van der Waals surface area contributed by atoms with E-state index in [0.29, 0.717) is 16.8 Å². The van der Waals surface area contributed by atoms with Gasteiger partial charge >= 0.3 is 0 Å². The predicted octanol–water partition coefficient (Wildman–Crippen LogP) is 0.778. The summed E-state index contributed by atoms with van der Waals surface area (Å²) in [5.41, 5.74) is 5.45. The summed E-state index contributed by atoms with van der Waals surface area (Å²) in [5.74, 6) is 0.872. The Balaban J connectivity index is 3.05. The van der Waals surface area contributed by atoms with Crippen molar-refractivity contribution in [2.45, 2.75) is 0 Å². The van der Waals surface area contributed by atoms with Gasteiger partial charge < -0.3 is 10.6 Å². The van der Waals surface area contributed by atoms with Crippen LogP contribution in [0, 0.1) is 0 Å². The van der Waals surface area contributed by atoms with Crippen LogP contribution >= 0.6 is 11.6 Å². The number of anilines is 2. The fraction of sp³-hybridized carbons (Fsp3) is 0.333. The van der Waals surface area contributed by atoms with Gasteiger partial charge in [-0.15, -0.1) is 0 Å². The van der Waals surface area contributed by atoms with Gasteiger partial charge in [0.15, 0.2) is 0 Å². The largest absolute Gasteiger partial charge is 0.382 e. The zero-order valence-electron chi connectivity index (χ0n) is 6.37. The highest BCUT2D eigenvalue weighted by molar-refractivity contribution is 6.32. The van der Waals surface area contributed by atoms with Gasteiger partial charge in [-0.3, -0.25) is 0 Å². The maximum Gasteiger partial charge on any atom is 0.226 e. The lowest BCUT2D eigenvalue weighted by atomic mass is 10.6. The first-order chi connectivity index (χ1) is 5.11. The van der Waals surface area contributed by atoms with E-state index in [4.69, 9.17) is 17.3 Å². The second kappa shape index (κ2) is 2.92. The van der Waals surface area contributed by atoms with Crippen molar-refractivity contribution in [3.05, 3.63) is 11.2 Å². The van der Waals surface area contributed by atoms with Crippen LogP contribution in [0.2, 0.25) is 5.02 Å². The molecule has 0 unspecified atom stereocenters. The Morgan fingerprint density at radius 2 is 2.18 bits per heavy atom. The fourth-order valence-electron chi connectivity index (χ4n) is 0.586. The molecule has 11 heavy (non-hydrogen) atoms. The molecule has 0 atom stereocenters. The molecule has 1 heterocycles. The van der Waals surface area contributed by atoms with E-state index >= 15 is 0 Å². The first-order valence-corrected chi connectivity index (χ1v) is 3.44. The van der Waals surface area contributed by atoms with Crippen molar-refractivity contribution < 1.29 is 0 Å². The van der Waals surface area contributed by atoms with Gasteiger partial charge in [0.2, 0.25) is 5.95 Å². The quantitative estimate of drug-likeness (QED) is 0.680. The maximum atomic E-state index is 5.62. The van der Waals surface area contributed by atoms with Gasteiger partial charge in [-0.2, -0.15) is 4.98 Å². The van der Waals surface area contributed by atoms with E-state index in [-0.39, 0.29) is 0 Å². The lowest BCUT2D eigenvalue weighted by Gasteiger charge is -2.09. The van der Waals surface area contributed by atoms with E-state index in [9.17, 15) is 0 Å². The van der Waals surface area contributed by atoms with Crippen LogP contribution in [-0.4, -0.2) is 24.1 Å². The Kier molecular flexibility index (Phi) is 2.14. The number of nitrogen functional groups attached to an aromatic ring is 1. The number of hydrogen-bond donors (Lipinski definition) is 1. The zero-order valence-corrected chi connectivity index (χ0v) is 7.13. The van der Waals surface area contributed by atoms with Gasteiger partial charge in [-0.1, -0.05) is 11.6 Å². The van der Waals surface area contributed by atoms with Gasteiger partial charge in [0.05, 0.1) is 6.20 Å². The van der Waals surface area contributed by atoms with Crippen molar-refractivity contribution in [3.63, 3.8) is 0 Å². The predicted molar refractivity (Wildman–Crippen MR) is 45.8 cm³/mol. The van der Waals surface area contributed by atoms with Gasteiger partial charge in [0, 0.05) is 14.1 Å². The molecular weight excluding hydrogens is 164 g/mol. The molecule has 0 bridgehead atoms. The van der Waals surface area contributed by atoms with Crippen LogP contribution in [0.3, 0.4) is 0 Å². The summed E-state index contributed by atoms with van der Waals surface area (Å²) >= 11 is 5.62. The molecule has 1 aromatic heterocycles. The molecule has 1 aromatic rings. The summed E-state index contributed by atoms with van der Waals surface area (Å²) < 4.78 is 0. The molecule has 0 saturated heterocycles. The lowest BCUT2D eigenvalue weighted by Crippen LogP contribution is -2.13. The average Bonchev–Trinajstić information content (AvgIpc) is 1.94. The summed E-state index contributed by atoms with van der Waals surface area (Å²) in [5, 5.41) is 0.385. The number of rotatable bonds is 1. The summed E-state index contributed by atoms with van der Waals surface area (Å²) in [6.07, 6.45) is 1.49. The molecule has 60 valence electrons. The Morgan fingerprint density at radius 1 is 1.55 bits per heavy atom. The molecule has 0 aliphatic carbocycles. The van der Waals surface area contributed by atoms with Crippen LogP contribution < -0.4 is 10.6 Å². The average molecular weight is 173 g/mol. The molecule has 0 aromatic carbocycles. The van der Waals surface area contributed by atoms with Crippen LogP contribution in [0.25, 0.3) is 0 Å². The highest BCUT2D eigenvalue weighted by Gasteiger charge is 2.01. The van der Waals surface area contributed by atoms with Crippen molar-refractivity contribution in [2.24, 2.45) is 0 Å². The molecule has 0 radical (unpaired) electrons.